The number of piperidine rings is 2. The van der Waals surface area contributed by atoms with Gasteiger partial charge in [0.05, 0.1) is 6.04 Å². The van der Waals surface area contributed by atoms with Crippen LogP contribution in [0.5, 0.6) is 0 Å². The van der Waals surface area contributed by atoms with Crippen molar-refractivity contribution in [2.75, 3.05) is 6.54 Å². The molecule has 0 aromatic rings. The number of carboxylic acids is 1. The fourth-order valence-corrected chi connectivity index (χ4v) is 4.60. The predicted octanol–water partition coefficient (Wildman–Crippen LogP) is 1.62. The highest BCUT2D eigenvalue weighted by molar-refractivity contribution is 5.83. The standard InChI is InChI=1S/C16H26N2O3/c1-10-3-2-6-17-15(10)16(21)18-12-4-5-13(18)8-11(7-12)9-14(19)20/h10-13,15,17H,2-9H2,1H3,(H,19,20). The average Bonchev–Trinajstić information content (AvgIpc) is 2.69. The van der Waals surface area contributed by atoms with Crippen LogP contribution >= 0.6 is 0 Å². The molecule has 0 saturated carbocycles. The van der Waals surface area contributed by atoms with Gasteiger partial charge in [-0.3, -0.25) is 9.59 Å². The van der Waals surface area contributed by atoms with E-state index in [0.29, 0.717) is 5.92 Å². The highest BCUT2D eigenvalue weighted by atomic mass is 16.4. The Morgan fingerprint density at radius 3 is 2.43 bits per heavy atom. The molecule has 5 heteroatoms. The first-order valence-electron chi connectivity index (χ1n) is 8.33. The smallest absolute Gasteiger partial charge is 0.303 e. The summed E-state index contributed by atoms with van der Waals surface area (Å²) in [6.07, 6.45) is 6.37. The Kier molecular flexibility index (Phi) is 4.20. The third-order valence-electron chi connectivity index (χ3n) is 5.58. The minimum absolute atomic E-state index is 0.0297. The van der Waals surface area contributed by atoms with Crippen LogP contribution in [0, 0.1) is 11.8 Å². The van der Waals surface area contributed by atoms with E-state index < -0.39 is 5.97 Å². The molecule has 0 aromatic carbocycles. The van der Waals surface area contributed by atoms with Gasteiger partial charge in [0.15, 0.2) is 0 Å². The molecular formula is C16H26N2O3. The second-order valence-electron chi connectivity index (χ2n) is 7.12. The van der Waals surface area contributed by atoms with Crippen LogP contribution in [-0.4, -0.2) is 46.6 Å². The number of aliphatic carboxylic acids is 1. The second-order valence-corrected chi connectivity index (χ2v) is 7.12. The van der Waals surface area contributed by atoms with E-state index in [2.05, 4.69) is 17.1 Å². The number of carbonyl (C=O) groups excluding carboxylic acids is 1. The molecule has 0 aromatic heterocycles. The number of carbonyl (C=O) groups is 2. The molecule has 3 aliphatic heterocycles. The largest absolute Gasteiger partial charge is 0.481 e. The summed E-state index contributed by atoms with van der Waals surface area (Å²) in [4.78, 5) is 25.9. The number of fused-ring (bicyclic) bond motifs is 2. The molecule has 2 bridgehead atoms. The molecule has 2 N–H and O–H groups in total. The van der Waals surface area contributed by atoms with Crippen LogP contribution in [0.3, 0.4) is 0 Å². The van der Waals surface area contributed by atoms with E-state index in [4.69, 9.17) is 5.11 Å². The highest BCUT2D eigenvalue weighted by Crippen LogP contribution is 2.40. The van der Waals surface area contributed by atoms with Crippen molar-refractivity contribution in [2.45, 2.75) is 70.0 Å². The Morgan fingerprint density at radius 2 is 1.86 bits per heavy atom. The van der Waals surface area contributed by atoms with Gasteiger partial charge >= 0.3 is 5.97 Å². The van der Waals surface area contributed by atoms with Crippen LogP contribution in [0.2, 0.25) is 0 Å². The van der Waals surface area contributed by atoms with E-state index in [1.807, 2.05) is 0 Å². The van der Waals surface area contributed by atoms with Gasteiger partial charge in [-0.25, -0.2) is 0 Å². The molecule has 3 saturated heterocycles. The SMILES string of the molecule is CC1CCCNC1C(=O)N1C2CCC1CC(CC(=O)O)C2. The van der Waals surface area contributed by atoms with Gasteiger partial charge in [-0.1, -0.05) is 6.92 Å². The van der Waals surface area contributed by atoms with Crippen LogP contribution in [-0.2, 0) is 9.59 Å². The van der Waals surface area contributed by atoms with E-state index in [0.717, 1.165) is 45.1 Å². The lowest BCUT2D eigenvalue weighted by atomic mass is 9.86. The molecule has 1 amide bonds. The minimum Gasteiger partial charge on any atom is -0.481 e. The summed E-state index contributed by atoms with van der Waals surface area (Å²) in [5.74, 6) is 0.216. The third-order valence-corrected chi connectivity index (χ3v) is 5.58. The van der Waals surface area contributed by atoms with Crippen LogP contribution in [0.25, 0.3) is 0 Å². The number of hydrogen-bond acceptors (Lipinski definition) is 3. The van der Waals surface area contributed by atoms with Crippen molar-refractivity contribution >= 4 is 11.9 Å². The molecule has 3 aliphatic rings. The van der Waals surface area contributed by atoms with Crippen LogP contribution in [0.4, 0.5) is 0 Å². The van der Waals surface area contributed by atoms with E-state index in [9.17, 15) is 9.59 Å². The molecule has 3 heterocycles. The molecule has 0 aliphatic carbocycles. The number of rotatable bonds is 3. The lowest BCUT2D eigenvalue weighted by molar-refractivity contribution is -0.142. The summed E-state index contributed by atoms with van der Waals surface area (Å²) >= 11 is 0. The van der Waals surface area contributed by atoms with Gasteiger partial charge in [-0.2, -0.15) is 0 Å². The van der Waals surface area contributed by atoms with Gasteiger partial charge in [0, 0.05) is 18.5 Å². The van der Waals surface area contributed by atoms with E-state index in [-0.39, 0.29) is 36.4 Å². The molecule has 4 atom stereocenters. The molecule has 4 unspecified atom stereocenters. The maximum atomic E-state index is 12.9. The Hall–Kier alpha value is -1.10. The van der Waals surface area contributed by atoms with Gasteiger partial charge in [-0.05, 0) is 56.9 Å². The van der Waals surface area contributed by atoms with Crippen LogP contribution in [0.1, 0.15) is 51.9 Å². The molecule has 0 radical (unpaired) electrons. The summed E-state index contributed by atoms with van der Waals surface area (Å²) < 4.78 is 0. The van der Waals surface area contributed by atoms with E-state index >= 15 is 0 Å². The maximum Gasteiger partial charge on any atom is 0.303 e. The van der Waals surface area contributed by atoms with Crippen molar-refractivity contribution < 1.29 is 14.7 Å². The first kappa shape index (κ1) is 14.8. The number of hydrogen-bond donors (Lipinski definition) is 2. The van der Waals surface area contributed by atoms with E-state index in [1.54, 1.807) is 0 Å². The Morgan fingerprint density at radius 1 is 1.19 bits per heavy atom. The summed E-state index contributed by atoms with van der Waals surface area (Å²) in [7, 11) is 0. The zero-order valence-electron chi connectivity index (χ0n) is 12.8. The minimum atomic E-state index is -0.707. The van der Waals surface area contributed by atoms with Gasteiger partial charge in [0.1, 0.15) is 0 Å². The van der Waals surface area contributed by atoms with Crippen molar-refractivity contribution in [1.82, 2.24) is 10.2 Å². The van der Waals surface area contributed by atoms with Crippen molar-refractivity contribution in [3.05, 3.63) is 0 Å². The summed E-state index contributed by atoms with van der Waals surface area (Å²) in [5, 5.41) is 12.4. The van der Waals surface area contributed by atoms with Crippen LogP contribution < -0.4 is 5.32 Å². The van der Waals surface area contributed by atoms with Crippen LogP contribution in [0.15, 0.2) is 0 Å². The normalized spacial score (nSPS) is 39.3. The highest BCUT2D eigenvalue weighted by Gasteiger charge is 2.46. The van der Waals surface area contributed by atoms with E-state index in [1.165, 1.54) is 0 Å². The maximum absolute atomic E-state index is 12.9. The zero-order valence-corrected chi connectivity index (χ0v) is 12.8. The molecule has 3 fully saturated rings. The third kappa shape index (κ3) is 2.93. The number of nitrogens with one attached hydrogen (secondary N) is 1. The van der Waals surface area contributed by atoms with Gasteiger partial charge in [-0.15, -0.1) is 0 Å². The second kappa shape index (κ2) is 5.95. The topological polar surface area (TPSA) is 69.6 Å². The first-order chi connectivity index (χ1) is 10.1. The predicted molar refractivity (Wildman–Crippen MR) is 78.8 cm³/mol. The molecule has 21 heavy (non-hydrogen) atoms. The average molecular weight is 294 g/mol. The zero-order chi connectivity index (χ0) is 15.0. The number of nitrogens with zero attached hydrogens (tertiary/aromatic N) is 1. The molecule has 3 rings (SSSR count). The molecule has 5 nitrogen and oxygen atoms in total. The molecule has 118 valence electrons. The lowest BCUT2D eigenvalue weighted by Gasteiger charge is -2.42. The Balaban J connectivity index is 1.67. The lowest BCUT2D eigenvalue weighted by Crippen LogP contribution is -2.57. The van der Waals surface area contributed by atoms with Gasteiger partial charge in [0.25, 0.3) is 0 Å². The van der Waals surface area contributed by atoms with Crippen molar-refractivity contribution in [3.8, 4) is 0 Å². The van der Waals surface area contributed by atoms with Gasteiger partial charge < -0.3 is 15.3 Å². The molecule has 0 spiro atoms. The van der Waals surface area contributed by atoms with Gasteiger partial charge in [0.2, 0.25) is 5.91 Å². The Bertz CT molecular complexity index is 412. The fourth-order valence-electron chi connectivity index (χ4n) is 4.60. The summed E-state index contributed by atoms with van der Waals surface area (Å²) in [6.45, 7) is 3.10. The monoisotopic (exact) mass is 294 g/mol. The number of carboxylic acid groups (broad SMARTS) is 1. The summed E-state index contributed by atoms with van der Waals surface area (Å²) in [5.41, 5.74) is 0. The fraction of sp³-hybridized carbons (Fsp3) is 0.875. The van der Waals surface area contributed by atoms with Crippen molar-refractivity contribution in [1.29, 1.82) is 0 Å². The van der Waals surface area contributed by atoms with Crippen molar-refractivity contribution in [3.63, 3.8) is 0 Å². The quantitative estimate of drug-likeness (QED) is 0.830. The first-order valence-corrected chi connectivity index (χ1v) is 8.33. The van der Waals surface area contributed by atoms with Crippen molar-refractivity contribution in [2.24, 2.45) is 11.8 Å². The number of amides is 1. The summed E-state index contributed by atoms with van der Waals surface area (Å²) in [6, 6.07) is 0.519. The Labute approximate surface area is 126 Å². The molecular weight excluding hydrogens is 268 g/mol.